The van der Waals surface area contributed by atoms with E-state index < -0.39 is 10.0 Å². The highest BCUT2D eigenvalue weighted by molar-refractivity contribution is 7.89. The molecule has 35 heavy (non-hydrogen) atoms. The number of sulfonamides is 1. The van der Waals surface area contributed by atoms with Crippen LogP contribution in [0.3, 0.4) is 0 Å². The van der Waals surface area contributed by atoms with E-state index in [-0.39, 0.29) is 23.9 Å². The Morgan fingerprint density at radius 3 is 1.97 bits per heavy atom. The average Bonchev–Trinajstić information content (AvgIpc) is 2.88. The Kier molecular flexibility index (Phi) is 8.57. The predicted octanol–water partition coefficient (Wildman–Crippen LogP) is 3.92. The third kappa shape index (κ3) is 6.92. The van der Waals surface area contributed by atoms with Crippen LogP contribution in [0, 0.1) is 0 Å². The van der Waals surface area contributed by atoms with Gasteiger partial charge in [-0.25, -0.2) is 8.42 Å². The number of halogens is 1. The smallest absolute Gasteiger partial charge is 0.243 e. The molecule has 1 heterocycles. The predicted molar refractivity (Wildman–Crippen MR) is 139 cm³/mol. The molecular formula is C27H30ClN3O3S. The highest BCUT2D eigenvalue weighted by Gasteiger charge is 2.29. The molecule has 0 atom stereocenters. The minimum Gasteiger partial charge on any atom is -0.339 e. The molecule has 184 valence electrons. The van der Waals surface area contributed by atoms with E-state index in [1.54, 1.807) is 17.0 Å². The van der Waals surface area contributed by atoms with Crippen LogP contribution < -0.4 is 0 Å². The number of carbonyl (C=O) groups is 1. The van der Waals surface area contributed by atoms with Gasteiger partial charge in [-0.2, -0.15) is 4.31 Å². The van der Waals surface area contributed by atoms with Gasteiger partial charge in [0.1, 0.15) is 0 Å². The molecule has 0 bridgehead atoms. The highest BCUT2D eigenvalue weighted by Crippen LogP contribution is 2.20. The van der Waals surface area contributed by atoms with E-state index >= 15 is 0 Å². The van der Waals surface area contributed by atoms with E-state index in [2.05, 4.69) is 17.0 Å². The lowest BCUT2D eigenvalue weighted by Crippen LogP contribution is -2.51. The summed E-state index contributed by atoms with van der Waals surface area (Å²) in [4.78, 5) is 17.4. The van der Waals surface area contributed by atoms with Gasteiger partial charge in [0.15, 0.2) is 0 Å². The van der Waals surface area contributed by atoms with Crippen LogP contribution in [-0.2, 0) is 27.8 Å². The fraction of sp³-hybridized carbons (Fsp3) is 0.296. The van der Waals surface area contributed by atoms with Gasteiger partial charge in [-0.3, -0.25) is 9.69 Å². The summed E-state index contributed by atoms with van der Waals surface area (Å²) in [5.41, 5.74) is 2.26. The summed E-state index contributed by atoms with van der Waals surface area (Å²) in [7, 11) is -3.86. The van der Waals surface area contributed by atoms with Crippen molar-refractivity contribution in [2.75, 3.05) is 39.3 Å². The molecule has 8 heteroatoms. The number of hydrogen-bond donors (Lipinski definition) is 0. The Bertz CT molecular complexity index is 1200. The number of carbonyl (C=O) groups excluding carboxylic acids is 1. The average molecular weight is 512 g/mol. The number of amides is 1. The Hall–Kier alpha value is -2.71. The van der Waals surface area contributed by atoms with Gasteiger partial charge in [0.25, 0.3) is 0 Å². The van der Waals surface area contributed by atoms with Crippen molar-refractivity contribution in [3.63, 3.8) is 0 Å². The Labute approximate surface area is 212 Å². The summed E-state index contributed by atoms with van der Waals surface area (Å²) >= 11 is 5.96. The van der Waals surface area contributed by atoms with Crippen LogP contribution in [0.2, 0.25) is 5.02 Å². The second kappa shape index (κ2) is 11.8. The minimum atomic E-state index is -3.86. The zero-order valence-electron chi connectivity index (χ0n) is 19.6. The molecule has 1 aliphatic heterocycles. The first-order chi connectivity index (χ1) is 16.9. The molecule has 3 aromatic carbocycles. The summed E-state index contributed by atoms with van der Waals surface area (Å²) in [6.45, 7) is 3.56. The molecule has 0 radical (unpaired) electrons. The molecule has 1 fully saturated rings. The Morgan fingerprint density at radius 1 is 0.800 bits per heavy atom. The van der Waals surface area contributed by atoms with E-state index in [9.17, 15) is 13.2 Å². The van der Waals surface area contributed by atoms with Gasteiger partial charge in [0.2, 0.25) is 15.9 Å². The molecule has 0 aliphatic carbocycles. The van der Waals surface area contributed by atoms with Crippen LogP contribution >= 0.6 is 11.6 Å². The van der Waals surface area contributed by atoms with Gasteiger partial charge in [-0.1, -0.05) is 72.3 Å². The van der Waals surface area contributed by atoms with Crippen molar-refractivity contribution < 1.29 is 13.2 Å². The van der Waals surface area contributed by atoms with Gasteiger partial charge in [-0.05, 0) is 41.8 Å². The molecule has 1 amide bonds. The van der Waals surface area contributed by atoms with Crippen molar-refractivity contribution in [2.45, 2.75) is 17.9 Å². The standard InChI is InChI=1S/C27H30ClN3O3S/c28-25-11-13-26(14-12-25)35(33,34)31(16-15-23-7-3-1-4-8-23)22-27(32)30-19-17-29(18-20-30)21-24-9-5-2-6-10-24/h1-14H,15-22H2. The first-order valence-electron chi connectivity index (χ1n) is 11.8. The van der Waals surface area contributed by atoms with Crippen LogP contribution in [0.5, 0.6) is 0 Å². The molecule has 0 N–H and O–H groups in total. The first kappa shape index (κ1) is 25.4. The van der Waals surface area contributed by atoms with E-state index in [1.165, 1.54) is 22.0 Å². The molecule has 0 unspecified atom stereocenters. The molecule has 4 rings (SSSR count). The van der Waals surface area contributed by atoms with E-state index in [4.69, 9.17) is 11.6 Å². The molecular weight excluding hydrogens is 482 g/mol. The van der Waals surface area contributed by atoms with Crippen LogP contribution in [0.25, 0.3) is 0 Å². The third-order valence-electron chi connectivity index (χ3n) is 6.23. The van der Waals surface area contributed by atoms with Crippen LogP contribution in [0.15, 0.2) is 89.8 Å². The summed E-state index contributed by atoms with van der Waals surface area (Å²) in [5, 5.41) is 0.462. The molecule has 6 nitrogen and oxygen atoms in total. The van der Waals surface area contributed by atoms with Crippen LogP contribution in [-0.4, -0.2) is 67.7 Å². The molecule has 1 aliphatic rings. The molecule has 1 saturated heterocycles. The van der Waals surface area contributed by atoms with Crippen molar-refractivity contribution in [1.82, 2.24) is 14.1 Å². The van der Waals surface area contributed by atoms with Crippen molar-refractivity contribution in [3.05, 3.63) is 101 Å². The first-order valence-corrected chi connectivity index (χ1v) is 13.6. The lowest BCUT2D eigenvalue weighted by Gasteiger charge is -2.35. The lowest BCUT2D eigenvalue weighted by molar-refractivity contribution is -0.133. The zero-order chi connectivity index (χ0) is 24.7. The normalized spacial score (nSPS) is 14.9. The fourth-order valence-corrected chi connectivity index (χ4v) is 5.70. The van der Waals surface area contributed by atoms with Crippen LogP contribution in [0.4, 0.5) is 0 Å². The maximum atomic E-state index is 13.4. The Balaban J connectivity index is 1.42. The monoisotopic (exact) mass is 511 g/mol. The highest BCUT2D eigenvalue weighted by atomic mass is 35.5. The van der Waals surface area contributed by atoms with Crippen molar-refractivity contribution in [1.29, 1.82) is 0 Å². The molecule has 0 aromatic heterocycles. The van der Waals surface area contributed by atoms with Gasteiger partial charge in [-0.15, -0.1) is 0 Å². The number of rotatable bonds is 9. The number of benzene rings is 3. The van der Waals surface area contributed by atoms with E-state index in [1.807, 2.05) is 48.5 Å². The number of nitrogens with zero attached hydrogens (tertiary/aromatic N) is 3. The van der Waals surface area contributed by atoms with Gasteiger partial charge >= 0.3 is 0 Å². The van der Waals surface area contributed by atoms with Gasteiger partial charge < -0.3 is 4.90 Å². The van der Waals surface area contributed by atoms with E-state index in [0.29, 0.717) is 24.5 Å². The molecule has 0 spiro atoms. The van der Waals surface area contributed by atoms with Crippen molar-refractivity contribution in [2.24, 2.45) is 0 Å². The van der Waals surface area contributed by atoms with Crippen LogP contribution in [0.1, 0.15) is 11.1 Å². The minimum absolute atomic E-state index is 0.135. The second-order valence-electron chi connectivity index (χ2n) is 8.67. The van der Waals surface area contributed by atoms with Crippen molar-refractivity contribution in [3.8, 4) is 0 Å². The van der Waals surface area contributed by atoms with E-state index in [0.717, 1.165) is 25.2 Å². The second-order valence-corrected chi connectivity index (χ2v) is 11.0. The zero-order valence-corrected chi connectivity index (χ0v) is 21.2. The fourth-order valence-electron chi connectivity index (χ4n) is 4.19. The summed E-state index contributed by atoms with van der Waals surface area (Å²) < 4.78 is 28.2. The lowest BCUT2D eigenvalue weighted by atomic mass is 10.1. The van der Waals surface area contributed by atoms with Gasteiger partial charge in [0, 0.05) is 44.3 Å². The van der Waals surface area contributed by atoms with Gasteiger partial charge in [0.05, 0.1) is 11.4 Å². The SMILES string of the molecule is O=C(CN(CCc1ccccc1)S(=O)(=O)c1ccc(Cl)cc1)N1CCN(Cc2ccccc2)CC1. The quantitative estimate of drug-likeness (QED) is 0.437. The number of piperazine rings is 1. The summed E-state index contributed by atoms with van der Waals surface area (Å²) in [5.74, 6) is -0.171. The summed E-state index contributed by atoms with van der Waals surface area (Å²) in [6, 6.07) is 26.0. The third-order valence-corrected chi connectivity index (χ3v) is 8.34. The summed E-state index contributed by atoms with van der Waals surface area (Å²) in [6.07, 6.45) is 0.520. The largest absolute Gasteiger partial charge is 0.339 e. The molecule has 0 saturated carbocycles. The number of hydrogen-bond acceptors (Lipinski definition) is 4. The Morgan fingerprint density at radius 2 is 1.37 bits per heavy atom. The topological polar surface area (TPSA) is 60.9 Å². The maximum absolute atomic E-state index is 13.4. The van der Waals surface area contributed by atoms with Crippen molar-refractivity contribution >= 4 is 27.5 Å². The molecule has 3 aromatic rings. The maximum Gasteiger partial charge on any atom is 0.243 e.